The molecule has 0 saturated carbocycles. The molecule has 1 aromatic heterocycles. The van der Waals surface area contributed by atoms with Crippen LogP contribution in [0.4, 0.5) is 5.82 Å². The minimum atomic E-state index is -3.24. The number of esters is 1. The summed E-state index contributed by atoms with van der Waals surface area (Å²) in [5.74, 6) is -0.437. The van der Waals surface area contributed by atoms with E-state index < -0.39 is 16.0 Å². The van der Waals surface area contributed by atoms with Crippen LogP contribution >= 0.6 is 0 Å². The Morgan fingerprint density at radius 2 is 2.28 bits per heavy atom. The number of ether oxygens (including phenoxy) is 1. The lowest BCUT2D eigenvalue weighted by Crippen LogP contribution is -2.26. The van der Waals surface area contributed by atoms with E-state index in [0.717, 1.165) is 6.26 Å². The van der Waals surface area contributed by atoms with Gasteiger partial charge in [-0.25, -0.2) is 22.9 Å². The zero-order valence-corrected chi connectivity index (χ0v) is 11.0. The van der Waals surface area contributed by atoms with E-state index in [2.05, 4.69) is 9.71 Å². The van der Waals surface area contributed by atoms with Crippen molar-refractivity contribution >= 4 is 21.8 Å². The number of hydrogen-bond donors (Lipinski definition) is 2. The molecule has 9 heteroatoms. The molecule has 0 aliphatic heterocycles. The number of hydrogen-bond acceptors (Lipinski definition) is 6. The molecule has 1 aromatic rings. The first-order valence-electron chi connectivity index (χ1n) is 5.27. The van der Waals surface area contributed by atoms with E-state index in [1.54, 1.807) is 6.92 Å². The Morgan fingerprint density at radius 3 is 2.83 bits per heavy atom. The summed E-state index contributed by atoms with van der Waals surface area (Å²) in [6.07, 6.45) is 2.43. The number of carbonyl (C=O) groups is 1. The maximum absolute atomic E-state index is 11.4. The highest BCUT2D eigenvalue weighted by atomic mass is 32.2. The Bertz CT molecular complexity index is 523. The predicted molar refractivity (Wildman–Crippen MR) is 65.4 cm³/mol. The zero-order chi connectivity index (χ0) is 13.8. The molecule has 0 amide bonds. The minimum absolute atomic E-state index is 0.0382. The number of rotatable bonds is 6. The number of nitrogens with one attached hydrogen (secondary N) is 1. The second-order valence-electron chi connectivity index (χ2n) is 3.56. The van der Waals surface area contributed by atoms with Gasteiger partial charge in [0.2, 0.25) is 10.0 Å². The minimum Gasteiger partial charge on any atom is -0.461 e. The van der Waals surface area contributed by atoms with Crippen LogP contribution in [0.3, 0.4) is 0 Å². The monoisotopic (exact) mass is 276 g/mol. The van der Waals surface area contributed by atoms with Crippen LogP contribution < -0.4 is 10.5 Å². The molecular formula is C9H16N4O4S. The van der Waals surface area contributed by atoms with Gasteiger partial charge in [0.25, 0.3) is 0 Å². The van der Waals surface area contributed by atoms with E-state index in [1.807, 2.05) is 0 Å². The molecule has 0 atom stereocenters. The van der Waals surface area contributed by atoms with Crippen molar-refractivity contribution in [3.05, 3.63) is 12.0 Å². The van der Waals surface area contributed by atoms with Gasteiger partial charge >= 0.3 is 5.97 Å². The fraction of sp³-hybridized carbons (Fsp3) is 0.556. The summed E-state index contributed by atoms with van der Waals surface area (Å²) in [7, 11) is -3.24. The van der Waals surface area contributed by atoms with Gasteiger partial charge in [-0.1, -0.05) is 0 Å². The molecule has 18 heavy (non-hydrogen) atoms. The smallest absolute Gasteiger partial charge is 0.360 e. The summed E-state index contributed by atoms with van der Waals surface area (Å²) >= 11 is 0. The highest BCUT2D eigenvalue weighted by Crippen LogP contribution is 2.10. The molecule has 0 aliphatic rings. The summed E-state index contributed by atoms with van der Waals surface area (Å²) in [5.41, 5.74) is 5.74. The molecule has 0 radical (unpaired) electrons. The summed E-state index contributed by atoms with van der Waals surface area (Å²) in [5, 5.41) is 0. The summed E-state index contributed by atoms with van der Waals surface area (Å²) in [6.45, 7) is 2.37. The van der Waals surface area contributed by atoms with Gasteiger partial charge in [0.15, 0.2) is 5.69 Å². The van der Waals surface area contributed by atoms with Crippen LogP contribution in [-0.2, 0) is 21.3 Å². The van der Waals surface area contributed by atoms with Crippen molar-refractivity contribution in [2.75, 3.05) is 25.1 Å². The number of anilines is 1. The molecule has 0 unspecified atom stereocenters. The van der Waals surface area contributed by atoms with Crippen molar-refractivity contribution in [2.24, 2.45) is 0 Å². The van der Waals surface area contributed by atoms with Gasteiger partial charge in [-0.3, -0.25) is 0 Å². The van der Waals surface area contributed by atoms with Crippen molar-refractivity contribution in [2.45, 2.75) is 13.5 Å². The molecule has 0 spiro atoms. The summed E-state index contributed by atoms with van der Waals surface area (Å²) in [6, 6.07) is 0. The lowest BCUT2D eigenvalue weighted by molar-refractivity contribution is 0.0521. The predicted octanol–water partition coefficient (Wildman–Crippen LogP) is -0.809. The fourth-order valence-corrected chi connectivity index (χ4v) is 1.74. The molecule has 3 N–H and O–H groups in total. The normalized spacial score (nSPS) is 11.4. The second-order valence-corrected chi connectivity index (χ2v) is 5.39. The summed E-state index contributed by atoms with van der Waals surface area (Å²) in [4.78, 5) is 15.3. The van der Waals surface area contributed by atoms with Gasteiger partial charge in [-0.2, -0.15) is 0 Å². The molecular weight excluding hydrogens is 260 g/mol. The lowest BCUT2D eigenvalue weighted by atomic mass is 10.4. The molecule has 0 bridgehead atoms. The van der Waals surface area contributed by atoms with E-state index in [0.29, 0.717) is 0 Å². The SMILES string of the molecule is CCOC(=O)c1ncn(CCNS(C)(=O)=O)c1N. The van der Waals surface area contributed by atoms with Gasteiger partial charge in [0, 0.05) is 13.1 Å². The number of sulfonamides is 1. The van der Waals surface area contributed by atoms with E-state index in [-0.39, 0.29) is 31.2 Å². The molecule has 1 heterocycles. The topological polar surface area (TPSA) is 116 Å². The van der Waals surface area contributed by atoms with Crippen molar-refractivity contribution < 1.29 is 17.9 Å². The van der Waals surface area contributed by atoms with Gasteiger partial charge in [-0.15, -0.1) is 0 Å². The van der Waals surface area contributed by atoms with Crippen molar-refractivity contribution in [1.29, 1.82) is 0 Å². The first-order valence-corrected chi connectivity index (χ1v) is 7.16. The maximum Gasteiger partial charge on any atom is 0.360 e. The largest absolute Gasteiger partial charge is 0.461 e. The van der Waals surface area contributed by atoms with Crippen molar-refractivity contribution in [3.63, 3.8) is 0 Å². The zero-order valence-electron chi connectivity index (χ0n) is 10.2. The molecule has 0 aliphatic carbocycles. The van der Waals surface area contributed by atoms with Crippen LogP contribution in [-0.4, -0.2) is 43.3 Å². The molecule has 0 fully saturated rings. The van der Waals surface area contributed by atoms with E-state index in [4.69, 9.17) is 10.5 Å². The highest BCUT2D eigenvalue weighted by Gasteiger charge is 2.16. The molecule has 0 saturated heterocycles. The molecule has 0 aromatic carbocycles. The first-order chi connectivity index (χ1) is 8.35. The Balaban J connectivity index is 2.66. The van der Waals surface area contributed by atoms with E-state index >= 15 is 0 Å². The Morgan fingerprint density at radius 1 is 1.61 bits per heavy atom. The third-order valence-electron chi connectivity index (χ3n) is 2.06. The molecule has 8 nitrogen and oxygen atoms in total. The Hall–Kier alpha value is -1.61. The Labute approximate surface area is 105 Å². The van der Waals surface area contributed by atoms with Gasteiger partial charge in [0.05, 0.1) is 19.2 Å². The number of nitrogens with two attached hydrogens (primary N) is 1. The number of aromatic nitrogens is 2. The first kappa shape index (κ1) is 14.5. The Kier molecular flexibility index (Phi) is 4.68. The maximum atomic E-state index is 11.4. The van der Waals surface area contributed by atoms with E-state index in [9.17, 15) is 13.2 Å². The number of nitrogens with zero attached hydrogens (tertiary/aromatic N) is 2. The molecule has 102 valence electrons. The van der Waals surface area contributed by atoms with Crippen molar-refractivity contribution in [3.8, 4) is 0 Å². The second kappa shape index (κ2) is 5.83. The van der Waals surface area contributed by atoms with Crippen LogP contribution in [0.25, 0.3) is 0 Å². The average molecular weight is 276 g/mol. The number of nitrogen functional groups attached to an aromatic ring is 1. The number of imidazole rings is 1. The van der Waals surface area contributed by atoms with E-state index in [1.165, 1.54) is 10.9 Å². The lowest BCUT2D eigenvalue weighted by Gasteiger charge is -2.06. The van der Waals surface area contributed by atoms with Crippen LogP contribution in [0.2, 0.25) is 0 Å². The van der Waals surface area contributed by atoms with Crippen LogP contribution in [0.1, 0.15) is 17.4 Å². The summed E-state index contributed by atoms with van der Waals surface area (Å²) < 4.78 is 30.3. The fourth-order valence-electron chi connectivity index (χ4n) is 1.28. The van der Waals surface area contributed by atoms with Crippen LogP contribution in [0.15, 0.2) is 6.33 Å². The van der Waals surface area contributed by atoms with Gasteiger partial charge < -0.3 is 15.0 Å². The van der Waals surface area contributed by atoms with Crippen molar-refractivity contribution in [1.82, 2.24) is 14.3 Å². The van der Waals surface area contributed by atoms with Gasteiger partial charge in [0.1, 0.15) is 5.82 Å². The third-order valence-corrected chi connectivity index (χ3v) is 2.79. The standard InChI is InChI=1S/C9H16N4O4S/c1-3-17-9(14)7-8(10)13(6-11-7)5-4-12-18(2,15)16/h6,12H,3-5,10H2,1-2H3. The van der Waals surface area contributed by atoms with Gasteiger partial charge in [-0.05, 0) is 6.92 Å². The highest BCUT2D eigenvalue weighted by molar-refractivity contribution is 7.88. The van der Waals surface area contributed by atoms with Crippen LogP contribution in [0.5, 0.6) is 0 Å². The third kappa shape index (κ3) is 4.00. The number of carbonyl (C=O) groups excluding carboxylic acids is 1. The molecule has 1 rings (SSSR count). The quantitative estimate of drug-likeness (QED) is 0.656. The average Bonchev–Trinajstić information content (AvgIpc) is 2.59. The van der Waals surface area contributed by atoms with Crippen LogP contribution in [0, 0.1) is 0 Å².